The molecule has 0 aromatic carbocycles. The number of alkyl halides is 3. The molecule has 0 radical (unpaired) electrons. The van der Waals surface area contributed by atoms with Gasteiger partial charge in [0.25, 0.3) is 0 Å². The lowest BCUT2D eigenvalue weighted by Gasteiger charge is -2.33. The van der Waals surface area contributed by atoms with Gasteiger partial charge in [0.15, 0.2) is 6.29 Å². The van der Waals surface area contributed by atoms with Crippen LogP contribution < -0.4 is 5.32 Å². The zero-order valence-corrected chi connectivity index (χ0v) is 11.1. The van der Waals surface area contributed by atoms with E-state index >= 15 is 0 Å². The van der Waals surface area contributed by atoms with Crippen molar-refractivity contribution in [3.63, 3.8) is 0 Å². The molecule has 2 saturated heterocycles. The van der Waals surface area contributed by atoms with Crippen molar-refractivity contribution in [2.45, 2.75) is 25.3 Å². The number of hydrogen-bond donors (Lipinski definition) is 1. The molecule has 20 heavy (non-hydrogen) atoms. The predicted molar refractivity (Wildman–Crippen MR) is 63.9 cm³/mol. The quantitative estimate of drug-likeness (QED) is 0.832. The molecule has 2 aliphatic heterocycles. The smallest absolute Gasteiger partial charge is 0.350 e. The topological polar surface area (TPSA) is 50.8 Å². The van der Waals surface area contributed by atoms with Crippen molar-refractivity contribution in [3.05, 3.63) is 0 Å². The molecule has 2 rings (SSSR count). The van der Waals surface area contributed by atoms with Gasteiger partial charge in [-0.3, -0.25) is 9.69 Å². The van der Waals surface area contributed by atoms with E-state index in [4.69, 9.17) is 9.47 Å². The molecule has 0 spiro atoms. The highest BCUT2D eigenvalue weighted by atomic mass is 19.4. The van der Waals surface area contributed by atoms with Crippen LogP contribution in [0.2, 0.25) is 0 Å². The Hall–Kier alpha value is -0.860. The van der Waals surface area contributed by atoms with E-state index in [-0.39, 0.29) is 12.8 Å². The van der Waals surface area contributed by atoms with Crippen molar-refractivity contribution >= 4 is 5.91 Å². The number of ether oxygens (including phenoxy) is 2. The Bertz CT molecular complexity index is 324. The fourth-order valence-electron chi connectivity index (χ4n) is 2.49. The lowest BCUT2D eigenvalue weighted by molar-refractivity contribution is -0.139. The maximum absolute atomic E-state index is 12.0. The summed E-state index contributed by atoms with van der Waals surface area (Å²) in [6.07, 6.45) is -2.86. The van der Waals surface area contributed by atoms with Crippen LogP contribution in [0.1, 0.15) is 12.8 Å². The van der Waals surface area contributed by atoms with Gasteiger partial charge in [-0.05, 0) is 25.9 Å². The van der Waals surface area contributed by atoms with Crippen molar-refractivity contribution in [1.82, 2.24) is 10.2 Å². The molecule has 2 fully saturated rings. The maximum Gasteiger partial charge on any atom is 0.405 e. The number of hydrogen-bond acceptors (Lipinski definition) is 4. The van der Waals surface area contributed by atoms with E-state index in [2.05, 4.69) is 0 Å². The van der Waals surface area contributed by atoms with Crippen molar-refractivity contribution in [3.8, 4) is 0 Å². The van der Waals surface area contributed by atoms with Gasteiger partial charge in [0.1, 0.15) is 6.54 Å². The van der Waals surface area contributed by atoms with Gasteiger partial charge >= 0.3 is 6.18 Å². The molecule has 0 bridgehead atoms. The fraction of sp³-hybridized carbons (Fsp3) is 0.917. The van der Waals surface area contributed by atoms with Crippen molar-refractivity contribution in [1.29, 1.82) is 0 Å². The Morgan fingerprint density at radius 2 is 1.80 bits per heavy atom. The average Bonchev–Trinajstić information content (AvgIpc) is 2.90. The number of likely N-dealkylation sites (tertiary alicyclic amines) is 1. The van der Waals surface area contributed by atoms with Gasteiger partial charge in [-0.25, -0.2) is 0 Å². The molecule has 0 saturated carbocycles. The van der Waals surface area contributed by atoms with Gasteiger partial charge in [-0.1, -0.05) is 0 Å². The third-order valence-corrected chi connectivity index (χ3v) is 3.52. The first-order valence-corrected chi connectivity index (χ1v) is 6.73. The molecule has 0 aromatic heterocycles. The molecule has 2 heterocycles. The van der Waals surface area contributed by atoms with Gasteiger partial charge in [-0.2, -0.15) is 13.2 Å². The van der Waals surface area contributed by atoms with Crippen molar-refractivity contribution in [2.75, 3.05) is 39.4 Å². The van der Waals surface area contributed by atoms with Crippen LogP contribution in [-0.2, 0) is 14.3 Å². The van der Waals surface area contributed by atoms with Gasteiger partial charge in [0, 0.05) is 5.92 Å². The molecule has 1 N–H and O–H groups in total. The Morgan fingerprint density at radius 1 is 1.20 bits per heavy atom. The summed E-state index contributed by atoms with van der Waals surface area (Å²) in [5, 5.41) is 1.88. The molecular weight excluding hydrogens is 277 g/mol. The van der Waals surface area contributed by atoms with Gasteiger partial charge in [0.2, 0.25) is 5.91 Å². The molecule has 0 atom stereocenters. The first kappa shape index (κ1) is 15.5. The van der Waals surface area contributed by atoms with E-state index in [1.165, 1.54) is 0 Å². The van der Waals surface area contributed by atoms with E-state index in [9.17, 15) is 18.0 Å². The first-order chi connectivity index (χ1) is 9.44. The fourth-order valence-corrected chi connectivity index (χ4v) is 2.49. The van der Waals surface area contributed by atoms with Crippen LogP contribution in [0.5, 0.6) is 0 Å². The number of carbonyl (C=O) groups excluding carboxylic acids is 1. The number of carbonyl (C=O) groups is 1. The number of nitrogens with zero attached hydrogens (tertiary/aromatic N) is 1. The van der Waals surface area contributed by atoms with E-state index in [1.54, 1.807) is 0 Å². The number of piperidine rings is 1. The zero-order chi connectivity index (χ0) is 14.6. The van der Waals surface area contributed by atoms with Crippen LogP contribution in [-0.4, -0.2) is 62.7 Å². The Morgan fingerprint density at radius 3 is 2.35 bits per heavy atom. The van der Waals surface area contributed by atoms with Crippen LogP contribution in [0, 0.1) is 5.92 Å². The lowest BCUT2D eigenvalue weighted by Crippen LogP contribution is -2.45. The largest absolute Gasteiger partial charge is 0.405 e. The second-order valence-electron chi connectivity index (χ2n) is 5.12. The number of nitrogens with one attached hydrogen (secondary N) is 1. The van der Waals surface area contributed by atoms with E-state index in [0.29, 0.717) is 32.2 Å². The highest BCUT2D eigenvalue weighted by molar-refractivity contribution is 5.78. The summed E-state index contributed by atoms with van der Waals surface area (Å²) >= 11 is 0. The molecule has 2 aliphatic rings. The second kappa shape index (κ2) is 6.73. The monoisotopic (exact) mass is 296 g/mol. The highest BCUT2D eigenvalue weighted by Crippen LogP contribution is 2.25. The third-order valence-electron chi connectivity index (χ3n) is 3.52. The van der Waals surface area contributed by atoms with E-state index in [1.807, 2.05) is 10.2 Å². The summed E-state index contributed by atoms with van der Waals surface area (Å²) in [7, 11) is 0. The summed E-state index contributed by atoms with van der Waals surface area (Å²) in [6.45, 7) is 1.32. The molecule has 1 amide bonds. The standard InChI is InChI=1S/C12H19F3N2O3/c13-12(14,15)8-16-10(18)7-17-3-1-9(2-4-17)11-19-5-6-20-11/h9,11H,1-8H2,(H,16,18). The van der Waals surface area contributed by atoms with Crippen LogP contribution in [0.3, 0.4) is 0 Å². The number of amides is 1. The first-order valence-electron chi connectivity index (χ1n) is 6.73. The SMILES string of the molecule is O=C(CN1CCC(C2OCCO2)CC1)NCC(F)(F)F. The molecule has 116 valence electrons. The lowest BCUT2D eigenvalue weighted by atomic mass is 9.96. The number of halogens is 3. The van der Waals surface area contributed by atoms with Crippen LogP contribution in [0.25, 0.3) is 0 Å². The summed E-state index contributed by atoms with van der Waals surface area (Å²) in [5.74, 6) is -0.277. The van der Waals surface area contributed by atoms with Crippen LogP contribution >= 0.6 is 0 Å². The summed E-state index contributed by atoms with van der Waals surface area (Å²) < 4.78 is 46.8. The van der Waals surface area contributed by atoms with Crippen molar-refractivity contribution < 1.29 is 27.4 Å². The number of rotatable bonds is 4. The van der Waals surface area contributed by atoms with E-state index in [0.717, 1.165) is 12.8 Å². The summed E-state index contributed by atoms with van der Waals surface area (Å²) in [4.78, 5) is 13.3. The Kier molecular flexibility index (Phi) is 5.22. The molecular formula is C12H19F3N2O3. The van der Waals surface area contributed by atoms with Crippen LogP contribution in [0.15, 0.2) is 0 Å². The van der Waals surface area contributed by atoms with Gasteiger partial charge in [0.05, 0.1) is 19.8 Å². The predicted octanol–water partition coefficient (Wildman–Crippen LogP) is 0.750. The Balaban J connectivity index is 1.65. The third kappa shape index (κ3) is 4.92. The van der Waals surface area contributed by atoms with Gasteiger partial charge in [-0.15, -0.1) is 0 Å². The maximum atomic E-state index is 12.0. The summed E-state index contributed by atoms with van der Waals surface area (Å²) in [5.41, 5.74) is 0. The highest BCUT2D eigenvalue weighted by Gasteiger charge is 2.31. The van der Waals surface area contributed by atoms with Crippen molar-refractivity contribution in [2.24, 2.45) is 5.92 Å². The minimum atomic E-state index is -4.36. The minimum Gasteiger partial charge on any atom is -0.350 e. The second-order valence-corrected chi connectivity index (χ2v) is 5.12. The zero-order valence-electron chi connectivity index (χ0n) is 11.1. The normalized spacial score (nSPS) is 23.1. The molecule has 0 unspecified atom stereocenters. The average molecular weight is 296 g/mol. The molecule has 0 aliphatic carbocycles. The minimum absolute atomic E-state index is 0.00911. The molecule has 0 aromatic rings. The molecule has 5 nitrogen and oxygen atoms in total. The van der Waals surface area contributed by atoms with E-state index < -0.39 is 18.6 Å². The molecule has 8 heteroatoms. The van der Waals surface area contributed by atoms with Gasteiger partial charge < -0.3 is 14.8 Å². The Labute approximate surface area is 115 Å². The summed E-state index contributed by atoms with van der Waals surface area (Å²) in [6, 6.07) is 0. The van der Waals surface area contributed by atoms with Crippen LogP contribution in [0.4, 0.5) is 13.2 Å².